The summed E-state index contributed by atoms with van der Waals surface area (Å²) in [6, 6.07) is 3.86. The summed E-state index contributed by atoms with van der Waals surface area (Å²) < 4.78 is 7.26. The van der Waals surface area contributed by atoms with Crippen molar-refractivity contribution in [1.29, 1.82) is 0 Å². The van der Waals surface area contributed by atoms with E-state index in [4.69, 9.17) is 4.74 Å². The van der Waals surface area contributed by atoms with Crippen LogP contribution in [0.1, 0.15) is 18.4 Å². The molecule has 1 aliphatic heterocycles. The zero-order valence-corrected chi connectivity index (χ0v) is 15.9. The maximum absolute atomic E-state index is 12.5. The zero-order valence-electron chi connectivity index (χ0n) is 15.9. The predicted octanol–water partition coefficient (Wildman–Crippen LogP) is 0.287. The van der Waals surface area contributed by atoms with Crippen molar-refractivity contribution in [1.82, 2.24) is 30.0 Å². The molecule has 1 fully saturated rings. The van der Waals surface area contributed by atoms with E-state index in [2.05, 4.69) is 20.4 Å². The third-order valence-corrected chi connectivity index (χ3v) is 4.70. The fourth-order valence-electron chi connectivity index (χ4n) is 3.12. The van der Waals surface area contributed by atoms with E-state index in [1.807, 2.05) is 12.1 Å². The van der Waals surface area contributed by atoms with Gasteiger partial charge in [0.15, 0.2) is 0 Å². The first-order valence-electron chi connectivity index (χ1n) is 9.57. The van der Waals surface area contributed by atoms with Gasteiger partial charge in [-0.3, -0.25) is 19.3 Å². The standard InChI is InChI=1S/C19H26N6O3/c26-18(2-1-9-25-15-21-14-23-25)24-10-11-28-13-17(12-24)19(27)22-8-5-16-3-6-20-7-4-16/h3-4,6-7,14-15,17H,1-2,5,8-13H2,(H,22,27). The molecular formula is C19H26N6O3. The molecule has 1 aliphatic rings. The van der Waals surface area contributed by atoms with Gasteiger partial charge in [-0.15, -0.1) is 0 Å². The number of nitrogens with one attached hydrogen (secondary N) is 1. The van der Waals surface area contributed by atoms with E-state index in [1.165, 1.54) is 6.33 Å². The van der Waals surface area contributed by atoms with Crippen molar-refractivity contribution in [2.75, 3.05) is 32.8 Å². The number of carbonyl (C=O) groups excluding carboxylic acids is 2. The minimum atomic E-state index is -0.348. The van der Waals surface area contributed by atoms with E-state index in [-0.39, 0.29) is 17.7 Å². The number of amides is 2. The molecule has 150 valence electrons. The molecule has 0 bridgehead atoms. The van der Waals surface area contributed by atoms with E-state index in [0.29, 0.717) is 52.2 Å². The summed E-state index contributed by atoms with van der Waals surface area (Å²) in [7, 11) is 0. The highest BCUT2D eigenvalue weighted by atomic mass is 16.5. The van der Waals surface area contributed by atoms with E-state index in [0.717, 1.165) is 12.0 Å². The Kier molecular flexibility index (Phi) is 7.48. The van der Waals surface area contributed by atoms with Gasteiger partial charge in [-0.25, -0.2) is 4.98 Å². The lowest BCUT2D eigenvalue weighted by molar-refractivity contribution is -0.133. The molecule has 0 aliphatic carbocycles. The Morgan fingerprint density at radius 2 is 2.11 bits per heavy atom. The summed E-state index contributed by atoms with van der Waals surface area (Å²) in [5.41, 5.74) is 1.12. The second-order valence-corrected chi connectivity index (χ2v) is 6.77. The molecule has 9 heteroatoms. The van der Waals surface area contributed by atoms with Gasteiger partial charge in [-0.1, -0.05) is 0 Å². The Bertz CT molecular complexity index is 737. The van der Waals surface area contributed by atoms with Crippen molar-refractivity contribution in [3.63, 3.8) is 0 Å². The van der Waals surface area contributed by atoms with Gasteiger partial charge in [-0.05, 0) is 30.5 Å². The van der Waals surface area contributed by atoms with Gasteiger partial charge >= 0.3 is 0 Å². The number of ether oxygens (including phenoxy) is 1. The van der Waals surface area contributed by atoms with E-state index >= 15 is 0 Å². The molecule has 1 atom stereocenters. The lowest BCUT2D eigenvalue weighted by Gasteiger charge is -2.23. The molecule has 2 aromatic heterocycles. The van der Waals surface area contributed by atoms with Crippen molar-refractivity contribution in [2.24, 2.45) is 5.92 Å². The van der Waals surface area contributed by atoms with Crippen LogP contribution in [0.3, 0.4) is 0 Å². The Hall–Kier alpha value is -2.81. The van der Waals surface area contributed by atoms with Crippen molar-refractivity contribution in [3.05, 3.63) is 42.7 Å². The molecule has 0 aromatic carbocycles. The average molecular weight is 386 g/mol. The molecule has 3 rings (SSSR count). The fourth-order valence-corrected chi connectivity index (χ4v) is 3.12. The number of nitrogens with zero attached hydrogens (tertiary/aromatic N) is 5. The third kappa shape index (κ3) is 6.12. The Labute approximate surface area is 164 Å². The third-order valence-electron chi connectivity index (χ3n) is 4.70. The molecule has 9 nitrogen and oxygen atoms in total. The average Bonchev–Trinajstić information content (AvgIpc) is 3.10. The quantitative estimate of drug-likeness (QED) is 0.700. The Balaban J connectivity index is 1.42. The molecule has 2 aromatic rings. The van der Waals surface area contributed by atoms with Crippen LogP contribution in [0.2, 0.25) is 0 Å². The van der Waals surface area contributed by atoms with Gasteiger partial charge in [0.2, 0.25) is 11.8 Å². The highest BCUT2D eigenvalue weighted by Crippen LogP contribution is 2.10. The van der Waals surface area contributed by atoms with Crippen LogP contribution < -0.4 is 5.32 Å². The second kappa shape index (κ2) is 10.5. The molecule has 0 saturated carbocycles. The predicted molar refractivity (Wildman–Crippen MR) is 101 cm³/mol. The smallest absolute Gasteiger partial charge is 0.227 e. The molecule has 1 unspecified atom stereocenters. The van der Waals surface area contributed by atoms with Crippen LogP contribution in [0.5, 0.6) is 0 Å². The van der Waals surface area contributed by atoms with Gasteiger partial charge in [0.25, 0.3) is 0 Å². The highest BCUT2D eigenvalue weighted by Gasteiger charge is 2.27. The van der Waals surface area contributed by atoms with E-state index in [9.17, 15) is 9.59 Å². The number of aromatic nitrogens is 4. The summed E-state index contributed by atoms with van der Waals surface area (Å²) in [5.74, 6) is -0.379. The number of hydrogen-bond donors (Lipinski definition) is 1. The number of pyridine rings is 1. The van der Waals surface area contributed by atoms with E-state index < -0.39 is 0 Å². The van der Waals surface area contributed by atoms with Crippen LogP contribution in [-0.4, -0.2) is 69.3 Å². The van der Waals surface area contributed by atoms with Gasteiger partial charge in [0.1, 0.15) is 12.7 Å². The topological polar surface area (TPSA) is 102 Å². The number of hydrogen-bond acceptors (Lipinski definition) is 6. The van der Waals surface area contributed by atoms with Crippen molar-refractivity contribution >= 4 is 11.8 Å². The molecule has 2 amide bonds. The number of rotatable bonds is 8. The summed E-state index contributed by atoms with van der Waals surface area (Å²) in [6.07, 6.45) is 8.43. The Morgan fingerprint density at radius 1 is 1.25 bits per heavy atom. The fraction of sp³-hybridized carbons (Fsp3) is 0.526. The molecule has 28 heavy (non-hydrogen) atoms. The largest absolute Gasteiger partial charge is 0.379 e. The highest BCUT2D eigenvalue weighted by molar-refractivity contribution is 5.81. The maximum Gasteiger partial charge on any atom is 0.227 e. The minimum absolute atomic E-state index is 0.0419. The van der Waals surface area contributed by atoms with Gasteiger partial charge in [-0.2, -0.15) is 5.10 Å². The van der Waals surface area contributed by atoms with Gasteiger partial charge in [0.05, 0.1) is 19.1 Å². The Morgan fingerprint density at radius 3 is 2.89 bits per heavy atom. The first-order chi connectivity index (χ1) is 13.7. The van der Waals surface area contributed by atoms with Crippen molar-refractivity contribution < 1.29 is 14.3 Å². The number of aryl methyl sites for hydroxylation is 1. The van der Waals surface area contributed by atoms with Crippen LogP contribution in [0, 0.1) is 5.92 Å². The van der Waals surface area contributed by atoms with Crippen LogP contribution in [-0.2, 0) is 27.3 Å². The van der Waals surface area contributed by atoms with E-state index in [1.54, 1.807) is 28.3 Å². The summed E-state index contributed by atoms with van der Waals surface area (Å²) >= 11 is 0. The molecule has 1 N–H and O–H groups in total. The van der Waals surface area contributed by atoms with Crippen LogP contribution in [0.15, 0.2) is 37.2 Å². The summed E-state index contributed by atoms with van der Waals surface area (Å²) in [6.45, 7) is 2.89. The molecule has 0 spiro atoms. The number of carbonyl (C=O) groups is 2. The SMILES string of the molecule is O=C(NCCc1ccncc1)C1COCCN(C(=O)CCCn2cncn2)C1. The van der Waals surface area contributed by atoms with Crippen LogP contribution >= 0.6 is 0 Å². The molecule has 3 heterocycles. The maximum atomic E-state index is 12.5. The first kappa shape index (κ1) is 19.9. The van der Waals surface area contributed by atoms with Crippen molar-refractivity contribution in [3.8, 4) is 0 Å². The summed E-state index contributed by atoms with van der Waals surface area (Å²) in [5, 5.41) is 6.98. The monoisotopic (exact) mass is 386 g/mol. The lowest BCUT2D eigenvalue weighted by Crippen LogP contribution is -2.42. The normalized spacial score (nSPS) is 17.1. The summed E-state index contributed by atoms with van der Waals surface area (Å²) in [4.78, 5) is 34.7. The molecular weight excluding hydrogens is 360 g/mol. The van der Waals surface area contributed by atoms with Crippen LogP contribution in [0.25, 0.3) is 0 Å². The minimum Gasteiger partial charge on any atom is -0.379 e. The lowest BCUT2D eigenvalue weighted by atomic mass is 10.1. The first-order valence-corrected chi connectivity index (χ1v) is 9.57. The van der Waals surface area contributed by atoms with Crippen LogP contribution in [0.4, 0.5) is 0 Å². The van der Waals surface area contributed by atoms with Gasteiger partial charge < -0.3 is 15.0 Å². The van der Waals surface area contributed by atoms with Gasteiger partial charge in [0, 0.05) is 45.0 Å². The second-order valence-electron chi connectivity index (χ2n) is 6.77. The van der Waals surface area contributed by atoms with Crippen molar-refractivity contribution in [2.45, 2.75) is 25.8 Å². The zero-order chi connectivity index (χ0) is 19.6. The molecule has 1 saturated heterocycles. The molecule has 0 radical (unpaired) electrons.